The molecule has 0 aliphatic carbocycles. The van der Waals surface area contributed by atoms with Crippen molar-refractivity contribution < 1.29 is 64.6 Å². The highest BCUT2D eigenvalue weighted by molar-refractivity contribution is 5.76. The largest absolute Gasteiger partial charge is 0.394 e. The highest BCUT2D eigenvalue weighted by Gasteiger charge is 2.51. The van der Waals surface area contributed by atoms with Gasteiger partial charge in [-0.05, 0) is 44.9 Å². The number of rotatable bonds is 45. The average Bonchev–Trinajstić information content (AvgIpc) is 3.36. The predicted octanol–water partition coefficient (Wildman–Crippen LogP) is 8.89. The number of carbonyl (C=O) groups excluding carboxylic acids is 1. The van der Waals surface area contributed by atoms with Crippen molar-refractivity contribution in [3.8, 4) is 0 Å². The van der Waals surface area contributed by atoms with Crippen LogP contribution in [-0.4, -0.2) is 140 Å². The fraction of sp³-hybridized carbons (Fsp3) is 0.911. The van der Waals surface area contributed by atoms with Crippen LogP contribution in [0.5, 0.6) is 0 Å². The smallest absolute Gasteiger partial charge is 0.220 e. The Kier molecular flexibility index (Phi) is 39.5. The zero-order valence-electron chi connectivity index (χ0n) is 44.0. The van der Waals surface area contributed by atoms with Gasteiger partial charge in [-0.15, -0.1) is 0 Å². The summed E-state index contributed by atoms with van der Waals surface area (Å²) in [5.41, 5.74) is 0. The van der Waals surface area contributed by atoms with Crippen molar-refractivity contribution in [3.05, 3.63) is 24.3 Å². The summed E-state index contributed by atoms with van der Waals surface area (Å²) in [6, 6.07) is -0.831. The highest BCUT2D eigenvalue weighted by Crippen LogP contribution is 2.30. The highest BCUT2D eigenvalue weighted by atomic mass is 16.7. The number of nitrogens with one attached hydrogen (secondary N) is 1. The number of allylic oxidation sites excluding steroid dienone is 4. The molecule has 0 aromatic carbocycles. The Bertz CT molecular complexity index is 1270. The molecule has 14 heteroatoms. The Balaban J connectivity index is 1.79. The minimum absolute atomic E-state index is 0.213. The van der Waals surface area contributed by atoms with Crippen molar-refractivity contribution in [1.29, 1.82) is 0 Å². The standard InChI is InChI=1S/C56H105NO13/c1-3-5-7-9-11-13-15-17-19-21-23-25-27-29-31-33-35-37-39-45(60)44(57-48(61)40-38-36-34-32-30-28-26-24-22-20-18-16-14-12-10-8-6-4-2)43-67-55-53(66)51(64)54(47(42-59)69-55)70-56-52(65)50(63)49(62)46(41-58)68-56/h14,16,20,22,44-47,49-56,58-60,62-66H,3-13,15,17-19,21,23-43H2,1-2H3,(H,57,61)/b16-14-,22-20-. The van der Waals surface area contributed by atoms with Crippen LogP contribution >= 0.6 is 0 Å². The number of ether oxygens (including phenoxy) is 4. The van der Waals surface area contributed by atoms with Gasteiger partial charge < -0.3 is 65.1 Å². The Labute approximate surface area is 424 Å². The molecule has 70 heavy (non-hydrogen) atoms. The van der Waals surface area contributed by atoms with Crippen molar-refractivity contribution in [1.82, 2.24) is 5.32 Å². The monoisotopic (exact) mass is 1000 g/mol. The van der Waals surface area contributed by atoms with Gasteiger partial charge in [0.25, 0.3) is 0 Å². The third kappa shape index (κ3) is 28.8. The topological polar surface area (TPSA) is 228 Å². The summed E-state index contributed by atoms with van der Waals surface area (Å²) in [6.45, 7) is 2.85. The minimum atomic E-state index is -1.78. The van der Waals surface area contributed by atoms with E-state index >= 15 is 0 Å². The maximum Gasteiger partial charge on any atom is 0.220 e. The minimum Gasteiger partial charge on any atom is -0.394 e. The first kappa shape index (κ1) is 64.6. The van der Waals surface area contributed by atoms with Crippen LogP contribution in [0, 0.1) is 0 Å². The van der Waals surface area contributed by atoms with Gasteiger partial charge in [-0.1, -0.05) is 205 Å². The summed E-state index contributed by atoms with van der Waals surface area (Å²) in [6.07, 6.45) is 31.6. The molecule has 412 valence electrons. The molecule has 0 aromatic rings. The summed E-state index contributed by atoms with van der Waals surface area (Å²) in [5, 5.41) is 87.2. The molecule has 0 radical (unpaired) electrons. The lowest BCUT2D eigenvalue weighted by Gasteiger charge is -2.46. The van der Waals surface area contributed by atoms with E-state index in [1.807, 2.05) is 0 Å². The lowest BCUT2D eigenvalue weighted by atomic mass is 9.97. The quantitative estimate of drug-likeness (QED) is 0.0205. The van der Waals surface area contributed by atoms with Crippen LogP contribution in [0.3, 0.4) is 0 Å². The van der Waals surface area contributed by atoms with Gasteiger partial charge in [0.1, 0.15) is 48.8 Å². The zero-order valence-corrected chi connectivity index (χ0v) is 44.0. The molecule has 0 saturated carbocycles. The summed E-state index contributed by atoms with van der Waals surface area (Å²) in [5.74, 6) is -0.213. The fourth-order valence-corrected chi connectivity index (χ4v) is 9.50. The fourth-order valence-electron chi connectivity index (χ4n) is 9.50. The van der Waals surface area contributed by atoms with Crippen LogP contribution < -0.4 is 5.32 Å². The summed E-state index contributed by atoms with van der Waals surface area (Å²) < 4.78 is 22.8. The van der Waals surface area contributed by atoms with Crippen molar-refractivity contribution >= 4 is 5.91 Å². The molecule has 9 N–H and O–H groups in total. The number of hydrogen-bond acceptors (Lipinski definition) is 13. The van der Waals surface area contributed by atoms with E-state index in [-0.39, 0.29) is 12.5 Å². The molecule has 12 atom stereocenters. The lowest BCUT2D eigenvalue weighted by molar-refractivity contribution is -0.359. The molecule has 0 bridgehead atoms. The molecule has 2 aliphatic rings. The van der Waals surface area contributed by atoms with E-state index in [2.05, 4.69) is 43.5 Å². The zero-order chi connectivity index (χ0) is 51.0. The van der Waals surface area contributed by atoms with Crippen LogP contribution in [-0.2, 0) is 23.7 Å². The molecule has 2 rings (SSSR count). The van der Waals surface area contributed by atoms with Crippen LogP contribution in [0.25, 0.3) is 0 Å². The SMILES string of the molecule is CCCCCC/C=C\C/C=C\CCCCCCCCCC(=O)NC(COC1OC(CO)C(OC2OC(CO)C(O)C(O)C2O)C(O)C1O)C(O)CCCCCCCCCCCCCCCCCCCC. The van der Waals surface area contributed by atoms with E-state index in [1.54, 1.807) is 0 Å². The molecule has 0 spiro atoms. The Morgan fingerprint density at radius 3 is 1.44 bits per heavy atom. The molecule has 2 fully saturated rings. The number of carbonyl (C=O) groups is 1. The number of hydrogen-bond donors (Lipinski definition) is 9. The molecule has 0 aromatic heterocycles. The first-order valence-electron chi connectivity index (χ1n) is 28.6. The van der Waals surface area contributed by atoms with Crippen molar-refractivity contribution in [2.75, 3.05) is 19.8 Å². The molecule has 2 aliphatic heterocycles. The van der Waals surface area contributed by atoms with Gasteiger partial charge in [0, 0.05) is 6.42 Å². The first-order valence-corrected chi connectivity index (χ1v) is 28.6. The van der Waals surface area contributed by atoms with E-state index in [0.717, 1.165) is 57.8 Å². The molecule has 12 unspecified atom stereocenters. The Morgan fingerprint density at radius 2 is 0.943 bits per heavy atom. The average molecular weight is 1000 g/mol. The summed E-state index contributed by atoms with van der Waals surface area (Å²) in [4.78, 5) is 13.2. The Hall–Kier alpha value is -1.53. The van der Waals surface area contributed by atoms with Gasteiger partial charge in [-0.2, -0.15) is 0 Å². The number of unbranched alkanes of at least 4 members (excludes halogenated alkanes) is 28. The van der Waals surface area contributed by atoms with Crippen molar-refractivity contribution in [2.24, 2.45) is 0 Å². The second-order valence-electron chi connectivity index (χ2n) is 20.4. The van der Waals surface area contributed by atoms with E-state index in [0.29, 0.717) is 19.3 Å². The molecule has 1 amide bonds. The summed E-state index contributed by atoms with van der Waals surface area (Å²) >= 11 is 0. The second kappa shape index (κ2) is 42.8. The maximum absolute atomic E-state index is 13.2. The summed E-state index contributed by atoms with van der Waals surface area (Å²) in [7, 11) is 0. The van der Waals surface area contributed by atoms with Gasteiger partial charge in [-0.25, -0.2) is 0 Å². The molecule has 2 heterocycles. The number of aliphatic hydroxyl groups is 8. The van der Waals surface area contributed by atoms with E-state index < -0.39 is 86.8 Å². The van der Waals surface area contributed by atoms with Crippen LogP contribution in [0.15, 0.2) is 24.3 Å². The van der Waals surface area contributed by atoms with Gasteiger partial charge in [0.15, 0.2) is 12.6 Å². The van der Waals surface area contributed by atoms with Crippen LogP contribution in [0.4, 0.5) is 0 Å². The first-order chi connectivity index (χ1) is 34.1. The van der Waals surface area contributed by atoms with E-state index in [4.69, 9.17) is 18.9 Å². The molecular weight excluding hydrogens is 895 g/mol. The van der Waals surface area contributed by atoms with E-state index in [1.165, 1.54) is 141 Å². The lowest BCUT2D eigenvalue weighted by Crippen LogP contribution is -2.65. The van der Waals surface area contributed by atoms with Crippen LogP contribution in [0.2, 0.25) is 0 Å². The number of amides is 1. The van der Waals surface area contributed by atoms with Crippen LogP contribution in [0.1, 0.15) is 232 Å². The molecular formula is C56H105NO13. The van der Waals surface area contributed by atoms with Gasteiger partial charge in [0.2, 0.25) is 5.91 Å². The predicted molar refractivity (Wildman–Crippen MR) is 277 cm³/mol. The second-order valence-corrected chi connectivity index (χ2v) is 20.4. The Morgan fingerprint density at radius 1 is 0.514 bits per heavy atom. The maximum atomic E-state index is 13.2. The molecule has 2 saturated heterocycles. The third-order valence-corrected chi connectivity index (χ3v) is 14.2. The van der Waals surface area contributed by atoms with Gasteiger partial charge in [-0.3, -0.25) is 4.79 Å². The van der Waals surface area contributed by atoms with Gasteiger partial charge in [0.05, 0.1) is 32.0 Å². The van der Waals surface area contributed by atoms with Crippen molar-refractivity contribution in [2.45, 2.75) is 306 Å². The van der Waals surface area contributed by atoms with E-state index in [9.17, 15) is 45.6 Å². The number of aliphatic hydroxyl groups excluding tert-OH is 8. The van der Waals surface area contributed by atoms with Gasteiger partial charge >= 0.3 is 0 Å². The normalized spacial score (nSPS) is 26.1. The molecule has 14 nitrogen and oxygen atoms in total. The third-order valence-electron chi connectivity index (χ3n) is 14.2. The van der Waals surface area contributed by atoms with Crippen molar-refractivity contribution in [3.63, 3.8) is 0 Å².